The standard InChI is InChI=1S/C27H19FN10O2/c1-30-17-6-2-4-15(10-17)24-23(20-8-9-31-14-33-20)25-34-21(36-38(25)26(29)35-24)11-18-16(5-3-7-19(18)28)13-37-22(39)12-32-27(37)40/h2-10,14H,11-13H2,(H2,29,35)(H,32,40). The molecule has 2 aromatic carbocycles. The third-order valence-corrected chi connectivity index (χ3v) is 6.46. The molecule has 0 saturated carbocycles. The molecule has 1 saturated heterocycles. The Balaban J connectivity index is 1.48. The number of benzene rings is 2. The third kappa shape index (κ3) is 4.33. The quantitative estimate of drug-likeness (QED) is 0.249. The fourth-order valence-electron chi connectivity index (χ4n) is 4.57. The molecule has 5 aromatic rings. The minimum absolute atomic E-state index is 0.0304. The molecule has 196 valence electrons. The van der Waals surface area contributed by atoms with Gasteiger partial charge in [-0.05, 0) is 29.3 Å². The number of hydrogen-bond acceptors (Lipinski definition) is 8. The van der Waals surface area contributed by atoms with Gasteiger partial charge in [0.1, 0.15) is 12.1 Å². The lowest BCUT2D eigenvalue weighted by atomic mass is 10.0. The van der Waals surface area contributed by atoms with Crippen LogP contribution < -0.4 is 11.1 Å². The molecule has 0 spiro atoms. The van der Waals surface area contributed by atoms with Crippen LogP contribution in [-0.4, -0.2) is 52.9 Å². The van der Waals surface area contributed by atoms with E-state index in [2.05, 4.69) is 30.2 Å². The van der Waals surface area contributed by atoms with Crippen molar-refractivity contribution in [1.29, 1.82) is 0 Å². The lowest BCUT2D eigenvalue weighted by Gasteiger charge is -2.15. The van der Waals surface area contributed by atoms with Crippen LogP contribution in [0.2, 0.25) is 0 Å². The summed E-state index contributed by atoms with van der Waals surface area (Å²) in [6.07, 6.45) is 2.92. The molecule has 13 heteroatoms. The number of nitrogens with two attached hydrogens (primary N) is 1. The highest BCUT2D eigenvalue weighted by molar-refractivity contribution is 6.01. The number of fused-ring (bicyclic) bond motifs is 1. The van der Waals surface area contributed by atoms with Crippen LogP contribution in [0.3, 0.4) is 0 Å². The van der Waals surface area contributed by atoms with Gasteiger partial charge in [0, 0.05) is 18.2 Å². The number of anilines is 1. The van der Waals surface area contributed by atoms with Gasteiger partial charge in [-0.15, -0.1) is 5.10 Å². The van der Waals surface area contributed by atoms with E-state index in [0.29, 0.717) is 39.4 Å². The molecular formula is C27H19FN10O2. The number of nitrogen functional groups attached to an aromatic ring is 1. The van der Waals surface area contributed by atoms with Crippen molar-refractivity contribution in [3.05, 3.63) is 95.2 Å². The summed E-state index contributed by atoms with van der Waals surface area (Å²) in [5.41, 5.74) is 9.83. The smallest absolute Gasteiger partial charge is 0.324 e. The number of aromatic nitrogens is 6. The number of nitrogens with zero attached hydrogens (tertiary/aromatic N) is 8. The molecule has 0 radical (unpaired) electrons. The zero-order valence-electron chi connectivity index (χ0n) is 20.7. The largest absolute Gasteiger partial charge is 0.368 e. The highest BCUT2D eigenvalue weighted by atomic mass is 19.1. The Labute approximate surface area is 226 Å². The zero-order valence-corrected chi connectivity index (χ0v) is 20.7. The molecule has 4 heterocycles. The van der Waals surface area contributed by atoms with Gasteiger partial charge in [0.05, 0.1) is 36.6 Å². The number of halogens is 1. The van der Waals surface area contributed by atoms with Crippen LogP contribution in [0.1, 0.15) is 17.0 Å². The van der Waals surface area contributed by atoms with Gasteiger partial charge in [-0.3, -0.25) is 9.69 Å². The Morgan fingerprint density at radius 1 is 1.12 bits per heavy atom. The lowest BCUT2D eigenvalue weighted by molar-refractivity contribution is -0.125. The second-order valence-corrected chi connectivity index (χ2v) is 8.91. The molecule has 0 aliphatic carbocycles. The topological polar surface area (TPSA) is 149 Å². The number of imide groups is 1. The van der Waals surface area contributed by atoms with Crippen LogP contribution in [0.15, 0.2) is 61.1 Å². The molecule has 6 rings (SSSR count). The van der Waals surface area contributed by atoms with Crippen LogP contribution in [-0.2, 0) is 17.8 Å². The van der Waals surface area contributed by atoms with E-state index in [9.17, 15) is 9.59 Å². The number of nitrogens with one attached hydrogen (secondary N) is 1. The monoisotopic (exact) mass is 534 g/mol. The average molecular weight is 535 g/mol. The van der Waals surface area contributed by atoms with Crippen molar-refractivity contribution in [2.75, 3.05) is 12.3 Å². The van der Waals surface area contributed by atoms with Crippen LogP contribution in [0, 0.1) is 12.4 Å². The SMILES string of the molecule is [C-]#[N+]c1cccc(-c2nc(N)n3nc(Cc4c(F)cccc4CN4C(=O)CNC4=O)nc3c2-c2ccncn2)c1. The number of carbonyl (C=O) groups is 2. The van der Waals surface area contributed by atoms with E-state index in [1.807, 2.05) is 0 Å². The predicted molar refractivity (Wildman–Crippen MR) is 141 cm³/mol. The van der Waals surface area contributed by atoms with Crippen LogP contribution >= 0.6 is 0 Å². The van der Waals surface area contributed by atoms with E-state index in [0.717, 1.165) is 4.90 Å². The van der Waals surface area contributed by atoms with E-state index in [4.69, 9.17) is 17.3 Å². The van der Waals surface area contributed by atoms with E-state index >= 15 is 4.39 Å². The van der Waals surface area contributed by atoms with Gasteiger partial charge in [-0.2, -0.15) is 4.52 Å². The van der Waals surface area contributed by atoms with Crippen molar-refractivity contribution in [2.24, 2.45) is 0 Å². The molecule has 3 N–H and O–H groups in total. The molecule has 1 fully saturated rings. The summed E-state index contributed by atoms with van der Waals surface area (Å²) in [4.78, 5) is 46.4. The van der Waals surface area contributed by atoms with Gasteiger partial charge < -0.3 is 11.1 Å². The highest BCUT2D eigenvalue weighted by Gasteiger charge is 2.29. The van der Waals surface area contributed by atoms with Crippen LogP contribution in [0.5, 0.6) is 0 Å². The molecule has 1 aliphatic heterocycles. The summed E-state index contributed by atoms with van der Waals surface area (Å²) in [6, 6.07) is 12.5. The number of urea groups is 1. The van der Waals surface area contributed by atoms with Crippen LogP contribution in [0.4, 0.5) is 20.8 Å². The number of amides is 3. The summed E-state index contributed by atoms with van der Waals surface area (Å²) in [7, 11) is 0. The Bertz CT molecular complexity index is 1830. The Morgan fingerprint density at radius 2 is 1.98 bits per heavy atom. The Morgan fingerprint density at radius 3 is 2.73 bits per heavy atom. The molecule has 1 aliphatic rings. The first-order chi connectivity index (χ1) is 19.4. The van der Waals surface area contributed by atoms with Gasteiger partial charge in [-0.1, -0.05) is 30.3 Å². The fourth-order valence-corrected chi connectivity index (χ4v) is 4.57. The Hall–Kier alpha value is -5.77. The van der Waals surface area contributed by atoms with Gasteiger partial charge in [0.25, 0.3) is 0 Å². The first kappa shape index (κ1) is 24.6. The molecule has 0 bridgehead atoms. The van der Waals surface area contributed by atoms with Gasteiger partial charge >= 0.3 is 6.03 Å². The third-order valence-electron chi connectivity index (χ3n) is 6.46. The van der Waals surface area contributed by atoms with Crippen molar-refractivity contribution in [1.82, 2.24) is 39.8 Å². The summed E-state index contributed by atoms with van der Waals surface area (Å²) < 4.78 is 16.4. The fraction of sp³-hybridized carbons (Fsp3) is 0.111. The minimum Gasteiger partial charge on any atom is -0.368 e. The second kappa shape index (κ2) is 9.84. The van der Waals surface area contributed by atoms with Gasteiger partial charge in [-0.25, -0.2) is 34.0 Å². The second-order valence-electron chi connectivity index (χ2n) is 8.91. The van der Waals surface area contributed by atoms with E-state index in [1.165, 1.54) is 23.0 Å². The summed E-state index contributed by atoms with van der Waals surface area (Å²) in [6.45, 7) is 7.19. The maximum Gasteiger partial charge on any atom is 0.324 e. The first-order valence-electron chi connectivity index (χ1n) is 12.1. The van der Waals surface area contributed by atoms with Crippen molar-refractivity contribution in [2.45, 2.75) is 13.0 Å². The molecule has 40 heavy (non-hydrogen) atoms. The van der Waals surface area contributed by atoms with E-state index in [-0.39, 0.29) is 36.8 Å². The van der Waals surface area contributed by atoms with Crippen molar-refractivity contribution >= 4 is 29.2 Å². The molecule has 3 amide bonds. The maximum atomic E-state index is 15.1. The Kier molecular flexibility index (Phi) is 6.04. The number of rotatable bonds is 6. The van der Waals surface area contributed by atoms with Crippen molar-refractivity contribution < 1.29 is 14.0 Å². The zero-order chi connectivity index (χ0) is 27.8. The molecule has 12 nitrogen and oxygen atoms in total. The highest BCUT2D eigenvalue weighted by Crippen LogP contribution is 2.35. The van der Waals surface area contributed by atoms with Gasteiger partial charge in [0.15, 0.2) is 17.2 Å². The summed E-state index contributed by atoms with van der Waals surface area (Å²) >= 11 is 0. The first-order valence-corrected chi connectivity index (χ1v) is 12.1. The van der Waals surface area contributed by atoms with Crippen molar-refractivity contribution in [3.63, 3.8) is 0 Å². The van der Waals surface area contributed by atoms with E-state index < -0.39 is 17.8 Å². The summed E-state index contributed by atoms with van der Waals surface area (Å²) in [5, 5.41) is 6.97. The van der Waals surface area contributed by atoms with Gasteiger partial charge in [0.2, 0.25) is 11.9 Å². The van der Waals surface area contributed by atoms with Crippen molar-refractivity contribution in [3.8, 4) is 22.5 Å². The summed E-state index contributed by atoms with van der Waals surface area (Å²) in [5.74, 6) is -0.654. The molecule has 0 atom stereocenters. The molecule has 3 aromatic heterocycles. The number of carbonyl (C=O) groups excluding carboxylic acids is 2. The molecule has 0 unspecified atom stereocenters. The number of hydrogen-bond donors (Lipinski definition) is 2. The van der Waals surface area contributed by atoms with Crippen LogP contribution in [0.25, 0.3) is 33.0 Å². The maximum absolute atomic E-state index is 15.1. The average Bonchev–Trinajstić information content (AvgIpc) is 3.54. The predicted octanol–water partition coefficient (Wildman–Crippen LogP) is 3.16. The minimum atomic E-state index is -0.533. The lowest BCUT2D eigenvalue weighted by Crippen LogP contribution is -2.30. The van der Waals surface area contributed by atoms with E-state index in [1.54, 1.807) is 42.6 Å². The normalized spacial score (nSPS) is 13.1. The molecular weight excluding hydrogens is 515 g/mol.